The van der Waals surface area contributed by atoms with Gasteiger partial charge in [-0.05, 0) is 77.6 Å². The van der Waals surface area contributed by atoms with Crippen molar-refractivity contribution in [2.45, 2.75) is 76.6 Å². The molecule has 5 rings (SSSR count). The summed E-state index contributed by atoms with van der Waals surface area (Å²) in [5.41, 5.74) is 2.59. The Morgan fingerprint density at radius 2 is 1.53 bits per heavy atom. The number of carbonyl (C=O) groups is 1. The SMILES string of the molecule is CC(C)(C)[Si](C)(C)OCC(F)(F)c1ccnc(C#N)c1.CCc1ccc(COc2ccc(C3CN(C(=O)c4cc(C(F)(F)CO)ccn4)C3)cc2OC)cc1. The molecule has 3 heterocycles. The van der Waals surface area contributed by atoms with Crippen molar-refractivity contribution in [1.29, 1.82) is 5.26 Å². The predicted molar refractivity (Wildman–Crippen MR) is 203 cm³/mol. The number of alkyl halides is 4. The molecule has 0 aliphatic carbocycles. The van der Waals surface area contributed by atoms with Crippen LogP contribution in [0.3, 0.4) is 0 Å². The summed E-state index contributed by atoms with van der Waals surface area (Å²) in [6, 6.07) is 20.2. The van der Waals surface area contributed by atoms with Gasteiger partial charge in [0.25, 0.3) is 17.8 Å². The van der Waals surface area contributed by atoms with Gasteiger partial charge >= 0.3 is 0 Å². The summed E-state index contributed by atoms with van der Waals surface area (Å²) in [5.74, 6) is -5.63. The van der Waals surface area contributed by atoms with Crippen LogP contribution in [0.15, 0.2) is 79.1 Å². The van der Waals surface area contributed by atoms with Crippen LogP contribution in [0, 0.1) is 11.3 Å². The van der Waals surface area contributed by atoms with Crippen molar-refractivity contribution in [2.75, 3.05) is 33.4 Å². The standard InChI is InChI=1S/C27H28F2N2O4.C14H20F2N2OSi/c1-3-18-4-6-19(7-5-18)16-35-24-9-8-20(12-25(24)34-2)21-14-31(15-21)26(33)23-13-22(10-11-30-23)27(28,29)17-32;1-13(2,3)20(4,5)19-10-14(15,16)11-6-7-18-12(8-11)9-17/h4-13,21,32H,3,14-17H2,1-2H3;6-8H,10H2,1-5H3. The van der Waals surface area contributed by atoms with E-state index in [-0.39, 0.29) is 27.9 Å². The lowest BCUT2D eigenvalue weighted by molar-refractivity contribution is -0.0557. The van der Waals surface area contributed by atoms with E-state index < -0.39 is 44.8 Å². The van der Waals surface area contributed by atoms with Gasteiger partial charge in [-0.25, -0.2) is 4.98 Å². The lowest BCUT2D eigenvalue weighted by Crippen LogP contribution is -2.48. The minimum Gasteiger partial charge on any atom is -0.493 e. The molecule has 1 N–H and O–H groups in total. The first-order valence-corrected chi connectivity index (χ1v) is 20.8. The Morgan fingerprint density at radius 1 is 0.909 bits per heavy atom. The van der Waals surface area contributed by atoms with Crippen LogP contribution in [-0.2, 0) is 29.3 Å². The second-order valence-electron chi connectivity index (χ2n) is 14.9. The number of aliphatic hydroxyl groups excluding tert-OH is 1. The molecule has 55 heavy (non-hydrogen) atoms. The molecule has 0 atom stereocenters. The molecule has 4 aromatic rings. The molecule has 9 nitrogen and oxygen atoms in total. The molecule has 1 saturated heterocycles. The molecular formula is C41H48F4N4O5Si. The Balaban J connectivity index is 0.000000287. The van der Waals surface area contributed by atoms with Gasteiger partial charge in [-0.1, -0.05) is 58.0 Å². The Labute approximate surface area is 321 Å². The number of halogens is 4. The number of methoxy groups -OCH3 is 1. The van der Waals surface area contributed by atoms with Gasteiger partial charge in [0.15, 0.2) is 19.8 Å². The van der Waals surface area contributed by atoms with Gasteiger partial charge in [0.1, 0.15) is 37.3 Å². The number of rotatable bonds is 13. The minimum atomic E-state index is -3.42. The number of aryl methyl sites for hydroxylation is 1. The van der Waals surface area contributed by atoms with Gasteiger partial charge < -0.3 is 23.9 Å². The third-order valence-electron chi connectivity index (χ3n) is 9.97. The first-order chi connectivity index (χ1) is 25.8. The first-order valence-electron chi connectivity index (χ1n) is 17.9. The van der Waals surface area contributed by atoms with E-state index in [1.807, 2.05) is 52.1 Å². The van der Waals surface area contributed by atoms with Gasteiger partial charge in [0, 0.05) is 42.5 Å². The van der Waals surface area contributed by atoms with Crippen LogP contribution in [0.1, 0.15) is 77.6 Å². The molecule has 1 aliphatic heterocycles. The zero-order valence-corrected chi connectivity index (χ0v) is 33.2. The van der Waals surface area contributed by atoms with Gasteiger partial charge in [-0.15, -0.1) is 0 Å². The quantitative estimate of drug-likeness (QED) is 0.106. The number of hydrogen-bond acceptors (Lipinski definition) is 8. The molecule has 0 unspecified atom stereocenters. The van der Waals surface area contributed by atoms with E-state index in [1.54, 1.807) is 18.1 Å². The number of aromatic nitrogens is 2. The van der Waals surface area contributed by atoms with E-state index >= 15 is 0 Å². The van der Waals surface area contributed by atoms with E-state index in [0.29, 0.717) is 31.2 Å². The summed E-state index contributed by atoms with van der Waals surface area (Å²) in [6.45, 7) is 11.3. The highest BCUT2D eigenvalue weighted by Crippen LogP contribution is 2.39. The number of ether oxygens (including phenoxy) is 2. The molecule has 0 radical (unpaired) electrons. The molecule has 1 aliphatic rings. The maximum Gasteiger partial charge on any atom is 0.295 e. The van der Waals surface area contributed by atoms with Gasteiger partial charge in [0.05, 0.1) is 7.11 Å². The summed E-state index contributed by atoms with van der Waals surface area (Å²) in [7, 11) is -0.647. The Morgan fingerprint density at radius 3 is 2.11 bits per heavy atom. The van der Waals surface area contributed by atoms with Crippen molar-refractivity contribution in [3.8, 4) is 17.6 Å². The monoisotopic (exact) mass is 780 g/mol. The smallest absolute Gasteiger partial charge is 0.295 e. The normalized spacial score (nSPS) is 13.6. The molecule has 0 bridgehead atoms. The third kappa shape index (κ3) is 10.9. The molecule has 14 heteroatoms. The van der Waals surface area contributed by atoms with Crippen molar-refractivity contribution in [3.63, 3.8) is 0 Å². The van der Waals surface area contributed by atoms with E-state index in [1.165, 1.54) is 17.8 Å². The van der Waals surface area contributed by atoms with Crippen LogP contribution in [0.2, 0.25) is 18.1 Å². The van der Waals surface area contributed by atoms with Crippen LogP contribution >= 0.6 is 0 Å². The maximum absolute atomic E-state index is 14.2. The zero-order valence-electron chi connectivity index (χ0n) is 32.2. The Hall–Kier alpha value is -4.84. The number of carbonyl (C=O) groups excluding carboxylic acids is 1. The highest BCUT2D eigenvalue weighted by atomic mass is 28.4. The van der Waals surface area contributed by atoms with Gasteiger partial charge in [0.2, 0.25) is 0 Å². The highest BCUT2D eigenvalue weighted by molar-refractivity contribution is 6.74. The number of nitriles is 1. The number of aliphatic hydroxyl groups is 1. The van der Waals surface area contributed by atoms with E-state index in [4.69, 9.17) is 24.3 Å². The summed E-state index contributed by atoms with van der Waals surface area (Å²) >= 11 is 0. The van der Waals surface area contributed by atoms with Crippen molar-refractivity contribution in [1.82, 2.24) is 14.9 Å². The number of likely N-dealkylation sites (tertiary alicyclic amines) is 1. The largest absolute Gasteiger partial charge is 0.493 e. The molecule has 2 aromatic heterocycles. The fraction of sp³-hybridized carbons (Fsp3) is 0.415. The van der Waals surface area contributed by atoms with E-state index in [9.17, 15) is 22.4 Å². The number of amides is 1. The lowest BCUT2D eigenvalue weighted by Gasteiger charge is -2.39. The minimum absolute atomic E-state index is 0.0190. The third-order valence-corrected chi connectivity index (χ3v) is 14.4. The van der Waals surface area contributed by atoms with Crippen molar-refractivity contribution in [3.05, 3.63) is 118 Å². The Bertz CT molecular complexity index is 1960. The summed E-state index contributed by atoms with van der Waals surface area (Å²) in [4.78, 5) is 21.9. The molecule has 1 amide bonds. The molecule has 1 fully saturated rings. The lowest BCUT2D eigenvalue weighted by atomic mass is 9.90. The predicted octanol–water partition coefficient (Wildman–Crippen LogP) is 8.62. The van der Waals surface area contributed by atoms with E-state index in [0.717, 1.165) is 41.9 Å². The van der Waals surface area contributed by atoms with Crippen LogP contribution in [0.25, 0.3) is 0 Å². The average molecular weight is 781 g/mol. The average Bonchev–Trinajstić information content (AvgIpc) is 3.16. The zero-order chi connectivity index (χ0) is 40.6. The molecule has 294 valence electrons. The van der Waals surface area contributed by atoms with Crippen molar-refractivity contribution in [2.24, 2.45) is 0 Å². The van der Waals surface area contributed by atoms with Gasteiger partial charge in [-0.3, -0.25) is 9.78 Å². The summed E-state index contributed by atoms with van der Waals surface area (Å²) in [5, 5.41) is 17.5. The maximum atomic E-state index is 14.2. The van der Waals surface area contributed by atoms with Crippen molar-refractivity contribution < 1.29 is 41.4 Å². The summed E-state index contributed by atoms with van der Waals surface area (Å²) < 4.78 is 72.9. The number of benzene rings is 2. The summed E-state index contributed by atoms with van der Waals surface area (Å²) in [6.07, 6.45) is 3.36. The number of hydrogen-bond donors (Lipinski definition) is 1. The fourth-order valence-electron chi connectivity index (χ4n) is 5.26. The molecule has 2 aromatic carbocycles. The second-order valence-corrected chi connectivity index (χ2v) is 19.7. The number of nitrogens with zero attached hydrogens (tertiary/aromatic N) is 4. The Kier molecular flexibility index (Phi) is 13.8. The number of pyridine rings is 2. The van der Waals surface area contributed by atoms with E-state index in [2.05, 4.69) is 41.2 Å². The fourth-order valence-corrected chi connectivity index (χ4v) is 6.24. The molecular weight excluding hydrogens is 733 g/mol. The van der Waals surface area contributed by atoms with Crippen LogP contribution in [0.4, 0.5) is 17.6 Å². The topological polar surface area (TPSA) is 118 Å². The highest BCUT2D eigenvalue weighted by Gasteiger charge is 2.42. The molecule has 0 saturated carbocycles. The molecule has 0 spiro atoms. The second kappa shape index (κ2) is 17.7. The van der Waals surface area contributed by atoms with Crippen molar-refractivity contribution >= 4 is 14.2 Å². The van der Waals surface area contributed by atoms with Crippen LogP contribution in [0.5, 0.6) is 11.5 Å². The van der Waals surface area contributed by atoms with Crippen LogP contribution < -0.4 is 9.47 Å². The van der Waals surface area contributed by atoms with Crippen LogP contribution in [-0.4, -0.2) is 67.6 Å². The first kappa shape index (κ1) is 42.9. The van der Waals surface area contributed by atoms with Gasteiger partial charge in [-0.2, -0.15) is 22.8 Å².